The molecule has 1 aromatic heterocycles. The van der Waals surface area contributed by atoms with E-state index in [0.717, 1.165) is 25.2 Å². The molecule has 0 aliphatic carbocycles. The molecule has 4 rings (SSSR count). The van der Waals surface area contributed by atoms with Crippen molar-refractivity contribution in [2.24, 2.45) is 0 Å². The third-order valence-corrected chi connectivity index (χ3v) is 5.92. The second kappa shape index (κ2) is 5.86. The van der Waals surface area contributed by atoms with Crippen molar-refractivity contribution in [2.45, 2.75) is 25.3 Å². The van der Waals surface area contributed by atoms with Gasteiger partial charge in [0, 0.05) is 25.1 Å². The van der Waals surface area contributed by atoms with Crippen molar-refractivity contribution >= 4 is 22.9 Å². The Morgan fingerprint density at radius 3 is 3.05 bits per heavy atom. The number of benzene rings is 1. The number of nitrogens with zero attached hydrogens (tertiary/aromatic N) is 1. The van der Waals surface area contributed by atoms with Crippen molar-refractivity contribution in [3.8, 4) is 0 Å². The van der Waals surface area contributed by atoms with Crippen molar-refractivity contribution in [3.05, 3.63) is 52.2 Å². The molecule has 1 saturated heterocycles. The Balaban J connectivity index is 1.48. The molecule has 1 N–H and O–H groups in total. The Labute approximate surface area is 135 Å². The zero-order chi connectivity index (χ0) is 14.9. The highest BCUT2D eigenvalue weighted by atomic mass is 32.1. The van der Waals surface area contributed by atoms with E-state index in [9.17, 15) is 4.79 Å². The van der Waals surface area contributed by atoms with Crippen LogP contribution in [0.25, 0.3) is 0 Å². The fourth-order valence-corrected chi connectivity index (χ4v) is 4.76. The number of nitrogens with one attached hydrogen (secondary N) is 1. The van der Waals surface area contributed by atoms with Gasteiger partial charge in [-0.25, -0.2) is 0 Å². The maximum absolute atomic E-state index is 12.8. The van der Waals surface area contributed by atoms with Crippen LogP contribution in [-0.2, 0) is 11.2 Å². The van der Waals surface area contributed by atoms with Crippen molar-refractivity contribution in [3.63, 3.8) is 0 Å². The van der Waals surface area contributed by atoms with Crippen LogP contribution in [0.1, 0.15) is 29.3 Å². The number of para-hydroxylation sites is 1. The Hall–Kier alpha value is -1.65. The van der Waals surface area contributed by atoms with Crippen molar-refractivity contribution in [1.82, 2.24) is 0 Å². The molecule has 1 fully saturated rings. The van der Waals surface area contributed by atoms with E-state index in [1.807, 2.05) is 22.3 Å². The lowest BCUT2D eigenvalue weighted by Gasteiger charge is -2.23. The molecule has 2 aromatic rings. The SMILES string of the molecule is O=C(C[NH+]1CCC[C@H]1c1cccs1)N1CCc2ccccc21. The minimum Gasteiger partial charge on any atom is -0.320 e. The summed E-state index contributed by atoms with van der Waals surface area (Å²) in [7, 11) is 0. The number of fused-ring (bicyclic) bond motifs is 1. The molecule has 0 saturated carbocycles. The van der Waals surface area contributed by atoms with E-state index in [1.54, 1.807) is 0 Å². The molecule has 3 heterocycles. The molecule has 1 amide bonds. The summed E-state index contributed by atoms with van der Waals surface area (Å²) in [6, 6.07) is 13.2. The van der Waals surface area contributed by atoms with Crippen LogP contribution in [0.15, 0.2) is 41.8 Å². The Morgan fingerprint density at radius 2 is 2.18 bits per heavy atom. The fourth-order valence-electron chi connectivity index (χ4n) is 3.84. The van der Waals surface area contributed by atoms with Crippen LogP contribution in [0.2, 0.25) is 0 Å². The van der Waals surface area contributed by atoms with Gasteiger partial charge in [0.1, 0.15) is 6.04 Å². The Kier molecular flexibility index (Phi) is 3.72. The topological polar surface area (TPSA) is 24.8 Å². The first-order valence-corrected chi connectivity index (χ1v) is 8.97. The summed E-state index contributed by atoms with van der Waals surface area (Å²) in [6.45, 7) is 2.58. The van der Waals surface area contributed by atoms with Crippen LogP contribution in [0.3, 0.4) is 0 Å². The van der Waals surface area contributed by atoms with Crippen LogP contribution in [0.4, 0.5) is 5.69 Å². The zero-order valence-corrected chi connectivity index (χ0v) is 13.4. The molecule has 2 aliphatic rings. The largest absolute Gasteiger partial charge is 0.320 e. The third-order valence-electron chi connectivity index (χ3n) is 4.94. The van der Waals surface area contributed by atoms with E-state index < -0.39 is 0 Å². The molecule has 22 heavy (non-hydrogen) atoms. The number of likely N-dealkylation sites (tertiary alicyclic amines) is 1. The molecule has 1 aromatic carbocycles. The summed E-state index contributed by atoms with van der Waals surface area (Å²) in [5.74, 6) is 0.281. The van der Waals surface area contributed by atoms with E-state index >= 15 is 0 Å². The Bertz CT molecular complexity index is 667. The second-order valence-electron chi connectivity index (χ2n) is 6.22. The summed E-state index contributed by atoms with van der Waals surface area (Å²) in [6.07, 6.45) is 3.42. The Morgan fingerprint density at radius 1 is 1.27 bits per heavy atom. The van der Waals surface area contributed by atoms with E-state index in [-0.39, 0.29) is 5.91 Å². The predicted octanol–water partition coefficient (Wildman–Crippen LogP) is 2.06. The number of anilines is 1. The van der Waals surface area contributed by atoms with Crippen LogP contribution in [0.5, 0.6) is 0 Å². The highest BCUT2D eigenvalue weighted by Crippen LogP contribution is 2.27. The first kappa shape index (κ1) is 14.0. The van der Waals surface area contributed by atoms with Gasteiger partial charge < -0.3 is 9.80 Å². The average Bonchev–Trinajstić information content (AvgIpc) is 3.27. The van der Waals surface area contributed by atoms with Gasteiger partial charge in [-0.2, -0.15) is 0 Å². The van der Waals surface area contributed by atoms with Gasteiger partial charge in [-0.15, -0.1) is 11.3 Å². The van der Waals surface area contributed by atoms with Crippen LogP contribution < -0.4 is 9.80 Å². The molecule has 0 bridgehead atoms. The van der Waals surface area contributed by atoms with Gasteiger partial charge in [-0.3, -0.25) is 4.79 Å². The zero-order valence-electron chi connectivity index (χ0n) is 12.6. The number of hydrogen-bond donors (Lipinski definition) is 1. The monoisotopic (exact) mass is 313 g/mol. The fraction of sp³-hybridized carbons (Fsp3) is 0.389. The summed E-state index contributed by atoms with van der Waals surface area (Å²) in [5.41, 5.74) is 2.43. The molecule has 4 heteroatoms. The number of thiophene rings is 1. The quantitative estimate of drug-likeness (QED) is 0.922. The molecule has 114 valence electrons. The standard InChI is InChI=1S/C18H20N2OS/c21-18(20-11-9-14-5-1-2-6-15(14)20)13-19-10-3-7-16(19)17-8-4-12-22-17/h1-2,4-6,8,12,16H,3,7,9-11,13H2/p+1/t16-/m0/s1. The summed E-state index contributed by atoms with van der Waals surface area (Å²) < 4.78 is 0. The molecule has 2 aliphatic heterocycles. The van der Waals surface area contributed by atoms with Crippen LogP contribution in [-0.4, -0.2) is 25.5 Å². The molecular weight excluding hydrogens is 292 g/mol. The average molecular weight is 313 g/mol. The number of carbonyl (C=O) groups excluding carboxylic acids is 1. The highest BCUT2D eigenvalue weighted by Gasteiger charge is 2.34. The van der Waals surface area contributed by atoms with Crippen LogP contribution in [0, 0.1) is 0 Å². The summed E-state index contributed by atoms with van der Waals surface area (Å²) in [5, 5.41) is 2.14. The first-order valence-electron chi connectivity index (χ1n) is 8.09. The minimum atomic E-state index is 0.281. The second-order valence-corrected chi connectivity index (χ2v) is 7.20. The minimum absolute atomic E-state index is 0.281. The van der Waals surface area contributed by atoms with E-state index in [0.29, 0.717) is 12.6 Å². The lowest BCUT2D eigenvalue weighted by Crippen LogP contribution is -3.11. The number of quaternary nitrogens is 1. The summed E-state index contributed by atoms with van der Waals surface area (Å²) >= 11 is 1.83. The highest BCUT2D eigenvalue weighted by molar-refractivity contribution is 7.10. The predicted molar refractivity (Wildman–Crippen MR) is 89.5 cm³/mol. The van der Waals surface area contributed by atoms with Gasteiger partial charge in [0.2, 0.25) is 0 Å². The lowest BCUT2D eigenvalue weighted by molar-refractivity contribution is -0.910. The number of amides is 1. The van der Waals surface area contributed by atoms with Gasteiger partial charge in [0.15, 0.2) is 6.54 Å². The normalized spacial score (nSPS) is 23.7. The first-order chi connectivity index (χ1) is 10.8. The van der Waals surface area contributed by atoms with Crippen molar-refractivity contribution in [1.29, 1.82) is 0 Å². The van der Waals surface area contributed by atoms with Gasteiger partial charge in [-0.05, 0) is 29.5 Å². The lowest BCUT2D eigenvalue weighted by atomic mass is 10.2. The summed E-state index contributed by atoms with van der Waals surface area (Å²) in [4.78, 5) is 17.7. The van der Waals surface area contributed by atoms with Gasteiger partial charge in [0.05, 0.1) is 11.4 Å². The van der Waals surface area contributed by atoms with Crippen molar-refractivity contribution in [2.75, 3.05) is 24.5 Å². The van der Waals surface area contributed by atoms with Crippen LogP contribution >= 0.6 is 11.3 Å². The third kappa shape index (κ3) is 2.46. The van der Waals surface area contributed by atoms with Gasteiger partial charge in [0.25, 0.3) is 5.91 Å². The number of carbonyl (C=O) groups is 1. The smallest absolute Gasteiger partial charge is 0.282 e. The molecule has 1 unspecified atom stereocenters. The maximum Gasteiger partial charge on any atom is 0.282 e. The molecule has 2 atom stereocenters. The van der Waals surface area contributed by atoms with Gasteiger partial charge in [-0.1, -0.05) is 24.3 Å². The van der Waals surface area contributed by atoms with E-state index in [4.69, 9.17) is 0 Å². The molecule has 0 radical (unpaired) electrons. The molecule has 0 spiro atoms. The molecule has 3 nitrogen and oxygen atoms in total. The number of rotatable bonds is 3. The number of hydrogen-bond acceptors (Lipinski definition) is 2. The molecular formula is C18H21N2OS+. The van der Waals surface area contributed by atoms with E-state index in [1.165, 1.54) is 28.2 Å². The maximum atomic E-state index is 12.8. The van der Waals surface area contributed by atoms with E-state index in [2.05, 4.69) is 35.7 Å². The van der Waals surface area contributed by atoms with Gasteiger partial charge >= 0.3 is 0 Å². The van der Waals surface area contributed by atoms with Crippen molar-refractivity contribution < 1.29 is 9.69 Å².